The summed E-state index contributed by atoms with van der Waals surface area (Å²) < 4.78 is 14.5. The molecule has 6 nitrogen and oxygen atoms in total. The van der Waals surface area contributed by atoms with Crippen LogP contribution in [0.5, 0.6) is 0 Å². The molecule has 31 heavy (non-hydrogen) atoms. The molecule has 5 rings (SSSR count). The fraction of sp³-hybridized carbons (Fsp3) is 0. The first-order valence-corrected chi connectivity index (χ1v) is 9.77. The van der Waals surface area contributed by atoms with Crippen LogP contribution in [0.1, 0.15) is 5.56 Å². The number of hydrazone groups is 1. The second-order valence-electron chi connectivity index (χ2n) is 6.71. The Morgan fingerprint density at radius 1 is 0.871 bits per heavy atom. The highest BCUT2D eigenvalue weighted by Gasteiger charge is 2.13. The highest BCUT2D eigenvalue weighted by Crippen LogP contribution is 2.30. The van der Waals surface area contributed by atoms with Gasteiger partial charge in [-0.25, -0.2) is 19.8 Å². The number of nitrogens with one attached hydrogen (secondary N) is 1. The van der Waals surface area contributed by atoms with Crippen molar-refractivity contribution < 1.29 is 4.39 Å². The van der Waals surface area contributed by atoms with Crippen molar-refractivity contribution >= 4 is 45.7 Å². The summed E-state index contributed by atoms with van der Waals surface area (Å²) in [6, 6.07) is 17.3. The van der Waals surface area contributed by atoms with Crippen LogP contribution in [0.3, 0.4) is 0 Å². The molecule has 0 bridgehead atoms. The maximum Gasteiger partial charge on any atom is 0.244 e. The lowest BCUT2D eigenvalue weighted by Crippen LogP contribution is -2.00. The minimum atomic E-state index is -0.380. The van der Waals surface area contributed by atoms with E-state index in [0.29, 0.717) is 27.2 Å². The van der Waals surface area contributed by atoms with Gasteiger partial charge in [0.15, 0.2) is 0 Å². The first kappa shape index (κ1) is 19.0. The number of halogens is 2. The van der Waals surface area contributed by atoms with E-state index >= 15 is 0 Å². The Morgan fingerprint density at radius 3 is 2.55 bits per heavy atom. The lowest BCUT2D eigenvalue weighted by molar-refractivity contribution is 0.631. The van der Waals surface area contributed by atoms with Crippen molar-refractivity contribution in [3.8, 4) is 11.3 Å². The van der Waals surface area contributed by atoms with Gasteiger partial charge in [0.25, 0.3) is 0 Å². The van der Waals surface area contributed by atoms with Gasteiger partial charge in [0.2, 0.25) is 5.95 Å². The van der Waals surface area contributed by atoms with Gasteiger partial charge < -0.3 is 0 Å². The maximum absolute atomic E-state index is 14.5. The van der Waals surface area contributed by atoms with E-state index in [1.165, 1.54) is 6.07 Å². The van der Waals surface area contributed by atoms with Crippen molar-refractivity contribution in [2.24, 2.45) is 5.10 Å². The molecule has 0 saturated heterocycles. The number of fused-ring (bicyclic) bond motifs is 2. The molecule has 0 aliphatic carbocycles. The topological polar surface area (TPSA) is 76.0 Å². The van der Waals surface area contributed by atoms with Crippen LogP contribution in [0.25, 0.3) is 33.2 Å². The predicted octanol–water partition coefficient (Wildman–Crippen LogP) is 5.48. The molecule has 0 radical (unpaired) electrons. The van der Waals surface area contributed by atoms with Crippen LogP contribution in [-0.4, -0.2) is 26.2 Å². The van der Waals surface area contributed by atoms with Crippen molar-refractivity contribution in [1.29, 1.82) is 0 Å². The number of benzene rings is 3. The average Bonchev–Trinajstić information content (AvgIpc) is 2.79. The number of aromatic nitrogens is 4. The second kappa shape index (κ2) is 8.04. The zero-order valence-corrected chi connectivity index (χ0v) is 16.8. The minimum Gasteiger partial charge on any atom is -0.253 e. The summed E-state index contributed by atoms with van der Waals surface area (Å²) in [5.41, 5.74) is 6.66. The van der Waals surface area contributed by atoms with E-state index in [4.69, 9.17) is 11.6 Å². The highest BCUT2D eigenvalue weighted by atomic mass is 35.5. The second-order valence-corrected chi connectivity index (χ2v) is 7.15. The van der Waals surface area contributed by atoms with E-state index in [-0.39, 0.29) is 11.8 Å². The standard InChI is InChI=1S/C23H14ClFN6/c24-15-6-8-19-17(12-15)22(16-3-1-2-4-18(16)25)30-23(29-19)31-28-13-14-5-7-20-21(11-14)27-10-9-26-20/h1-13H,(H,29,30,31)/b28-13-. The van der Waals surface area contributed by atoms with Crippen LogP contribution in [0.4, 0.5) is 10.3 Å². The zero-order chi connectivity index (χ0) is 21.2. The lowest BCUT2D eigenvalue weighted by atomic mass is 10.1. The molecule has 1 N–H and O–H groups in total. The molecular weight excluding hydrogens is 415 g/mol. The average molecular weight is 429 g/mol. The Labute approximate surface area is 181 Å². The van der Waals surface area contributed by atoms with Crippen molar-refractivity contribution in [3.05, 3.63) is 89.5 Å². The van der Waals surface area contributed by atoms with Crippen LogP contribution in [0.15, 0.2) is 78.2 Å². The van der Waals surface area contributed by atoms with Crippen LogP contribution in [0.2, 0.25) is 5.02 Å². The quantitative estimate of drug-likeness (QED) is 0.303. The van der Waals surface area contributed by atoms with Gasteiger partial charge in [0, 0.05) is 28.4 Å². The monoisotopic (exact) mass is 428 g/mol. The van der Waals surface area contributed by atoms with Gasteiger partial charge in [-0.2, -0.15) is 5.10 Å². The molecule has 0 unspecified atom stereocenters. The molecule has 2 heterocycles. The van der Waals surface area contributed by atoms with Crippen LogP contribution < -0.4 is 5.43 Å². The van der Waals surface area contributed by atoms with E-state index in [1.807, 2.05) is 18.2 Å². The predicted molar refractivity (Wildman–Crippen MR) is 121 cm³/mol. The Bertz CT molecular complexity index is 1450. The van der Waals surface area contributed by atoms with Gasteiger partial charge in [0.1, 0.15) is 5.82 Å². The van der Waals surface area contributed by atoms with Gasteiger partial charge in [-0.1, -0.05) is 29.8 Å². The van der Waals surface area contributed by atoms with Crippen molar-refractivity contribution in [3.63, 3.8) is 0 Å². The third kappa shape index (κ3) is 3.91. The summed E-state index contributed by atoms with van der Waals surface area (Å²) in [6.45, 7) is 0. The lowest BCUT2D eigenvalue weighted by Gasteiger charge is -2.09. The summed E-state index contributed by atoms with van der Waals surface area (Å²) in [7, 11) is 0. The largest absolute Gasteiger partial charge is 0.253 e. The summed E-state index contributed by atoms with van der Waals surface area (Å²) in [5, 5.41) is 5.41. The van der Waals surface area contributed by atoms with Gasteiger partial charge in [-0.05, 0) is 48.0 Å². The Kier molecular flexibility index (Phi) is 4.93. The molecule has 0 spiro atoms. The third-order valence-electron chi connectivity index (χ3n) is 4.66. The normalized spacial score (nSPS) is 11.4. The van der Waals surface area contributed by atoms with Gasteiger partial charge in [0.05, 0.1) is 28.5 Å². The van der Waals surface area contributed by atoms with Crippen molar-refractivity contribution in [2.75, 3.05) is 5.43 Å². The van der Waals surface area contributed by atoms with Crippen LogP contribution in [0, 0.1) is 5.82 Å². The summed E-state index contributed by atoms with van der Waals surface area (Å²) in [5.74, 6) is -0.140. The first-order valence-electron chi connectivity index (χ1n) is 9.39. The summed E-state index contributed by atoms with van der Waals surface area (Å²) >= 11 is 6.15. The molecule has 0 aliphatic rings. The zero-order valence-electron chi connectivity index (χ0n) is 16.0. The van der Waals surface area contributed by atoms with Gasteiger partial charge >= 0.3 is 0 Å². The molecule has 150 valence electrons. The van der Waals surface area contributed by atoms with Crippen molar-refractivity contribution in [1.82, 2.24) is 19.9 Å². The van der Waals surface area contributed by atoms with E-state index in [1.54, 1.807) is 55.0 Å². The molecule has 3 aromatic carbocycles. The number of rotatable bonds is 4. The molecule has 2 aromatic heterocycles. The number of hydrogen-bond donors (Lipinski definition) is 1. The van der Waals surface area contributed by atoms with E-state index in [9.17, 15) is 4.39 Å². The number of nitrogens with zero attached hydrogens (tertiary/aromatic N) is 5. The Morgan fingerprint density at radius 2 is 1.68 bits per heavy atom. The fourth-order valence-corrected chi connectivity index (χ4v) is 3.41. The van der Waals surface area contributed by atoms with Crippen LogP contribution >= 0.6 is 11.6 Å². The maximum atomic E-state index is 14.5. The third-order valence-corrected chi connectivity index (χ3v) is 4.89. The molecule has 8 heteroatoms. The molecule has 0 fully saturated rings. The molecule has 0 saturated carbocycles. The Balaban J connectivity index is 1.51. The summed E-state index contributed by atoms with van der Waals surface area (Å²) in [6.07, 6.45) is 4.92. The molecule has 0 amide bonds. The van der Waals surface area contributed by atoms with E-state index in [2.05, 4.69) is 30.5 Å². The first-order chi connectivity index (χ1) is 15.2. The minimum absolute atomic E-state index is 0.241. The SMILES string of the molecule is Fc1ccccc1-c1nc(N/N=C\c2ccc3nccnc3c2)nc2ccc(Cl)cc12. The van der Waals surface area contributed by atoms with E-state index < -0.39 is 0 Å². The smallest absolute Gasteiger partial charge is 0.244 e. The summed E-state index contributed by atoms with van der Waals surface area (Å²) in [4.78, 5) is 17.5. The number of anilines is 1. The van der Waals surface area contributed by atoms with Gasteiger partial charge in [-0.15, -0.1) is 0 Å². The molecule has 5 aromatic rings. The number of hydrogen-bond acceptors (Lipinski definition) is 6. The van der Waals surface area contributed by atoms with E-state index in [0.717, 1.165) is 16.6 Å². The molecule has 0 aliphatic heterocycles. The molecule has 0 atom stereocenters. The van der Waals surface area contributed by atoms with Gasteiger partial charge in [-0.3, -0.25) is 9.97 Å². The molecular formula is C23H14ClFN6. The fourth-order valence-electron chi connectivity index (χ4n) is 3.23. The Hall–Kier alpha value is -3.97. The highest BCUT2D eigenvalue weighted by molar-refractivity contribution is 6.31. The van der Waals surface area contributed by atoms with Crippen molar-refractivity contribution in [2.45, 2.75) is 0 Å². The van der Waals surface area contributed by atoms with Crippen LogP contribution in [-0.2, 0) is 0 Å².